The number of hydrogen-bond donors (Lipinski definition) is 2. The first-order chi connectivity index (χ1) is 7.62. The van der Waals surface area contributed by atoms with Gasteiger partial charge in [-0.2, -0.15) is 0 Å². The van der Waals surface area contributed by atoms with Crippen molar-refractivity contribution in [3.05, 3.63) is 24.6 Å². The normalized spacial score (nSPS) is 11.9. The second-order valence-electron chi connectivity index (χ2n) is 4.47. The number of pyridine rings is 1. The van der Waals surface area contributed by atoms with Crippen LogP contribution in [0.4, 0.5) is 5.82 Å². The highest BCUT2D eigenvalue weighted by Gasteiger charge is 2.18. The van der Waals surface area contributed by atoms with E-state index in [1.54, 1.807) is 12.5 Å². The van der Waals surface area contributed by atoms with Crippen molar-refractivity contribution in [2.24, 2.45) is 0 Å². The van der Waals surface area contributed by atoms with Crippen molar-refractivity contribution in [2.75, 3.05) is 11.9 Å². The molecule has 4 nitrogen and oxygen atoms in total. The van der Waals surface area contributed by atoms with Gasteiger partial charge in [-0.15, -0.1) is 0 Å². The zero-order valence-corrected chi connectivity index (χ0v) is 9.53. The Labute approximate surface area is 94.3 Å². The molecule has 2 rings (SSSR count). The molecule has 0 amide bonds. The van der Waals surface area contributed by atoms with Crippen LogP contribution in [0.3, 0.4) is 0 Å². The molecule has 2 aromatic heterocycles. The van der Waals surface area contributed by atoms with Gasteiger partial charge in [0.2, 0.25) is 0 Å². The number of hydrogen-bond acceptors (Lipinski definition) is 4. The van der Waals surface area contributed by atoms with Crippen LogP contribution in [0.15, 0.2) is 29.0 Å². The molecule has 2 heterocycles. The molecule has 4 heteroatoms. The number of nitrogens with zero attached hydrogens (tertiary/aromatic N) is 1. The fraction of sp³-hybridized carbons (Fsp3) is 0.417. The molecule has 16 heavy (non-hydrogen) atoms. The average molecular weight is 220 g/mol. The second-order valence-corrected chi connectivity index (χ2v) is 4.47. The largest absolute Gasteiger partial charge is 0.464 e. The predicted molar refractivity (Wildman–Crippen MR) is 63.4 cm³/mol. The molecule has 0 aliphatic carbocycles. The highest BCUT2D eigenvalue weighted by Crippen LogP contribution is 2.25. The van der Waals surface area contributed by atoms with Crippen LogP contribution >= 0.6 is 0 Å². The van der Waals surface area contributed by atoms with Gasteiger partial charge in [-0.25, -0.2) is 4.98 Å². The van der Waals surface area contributed by atoms with E-state index in [-0.39, 0.29) is 12.1 Å². The number of aromatic nitrogens is 1. The van der Waals surface area contributed by atoms with Crippen LogP contribution in [0, 0.1) is 0 Å². The summed E-state index contributed by atoms with van der Waals surface area (Å²) in [4.78, 5) is 4.29. The van der Waals surface area contributed by atoms with Gasteiger partial charge in [0.25, 0.3) is 0 Å². The van der Waals surface area contributed by atoms with Gasteiger partial charge in [-0.05, 0) is 32.4 Å². The number of anilines is 1. The maximum atomic E-state index is 8.97. The summed E-state index contributed by atoms with van der Waals surface area (Å²) in [5.74, 6) is 0.796. The van der Waals surface area contributed by atoms with E-state index in [1.165, 1.54) is 0 Å². The van der Waals surface area contributed by atoms with Gasteiger partial charge in [0.05, 0.1) is 11.6 Å². The molecule has 0 unspecified atom stereocenters. The Morgan fingerprint density at radius 1 is 1.44 bits per heavy atom. The summed E-state index contributed by atoms with van der Waals surface area (Å²) in [6, 6.07) is 3.72. The summed E-state index contributed by atoms with van der Waals surface area (Å²) in [6.07, 6.45) is 4.03. The fourth-order valence-electron chi connectivity index (χ4n) is 1.66. The minimum absolute atomic E-state index is 0.154. The third-order valence-corrected chi connectivity index (χ3v) is 2.57. The molecule has 86 valence electrons. The molecule has 0 radical (unpaired) electrons. The predicted octanol–water partition coefficient (Wildman–Crippen LogP) is 2.40. The summed E-state index contributed by atoms with van der Waals surface area (Å²) < 4.78 is 5.30. The van der Waals surface area contributed by atoms with Crippen LogP contribution in [0.25, 0.3) is 11.0 Å². The van der Waals surface area contributed by atoms with Gasteiger partial charge >= 0.3 is 0 Å². The lowest BCUT2D eigenvalue weighted by molar-refractivity contribution is 0.260. The van der Waals surface area contributed by atoms with Gasteiger partial charge in [-0.1, -0.05) is 0 Å². The number of aliphatic hydroxyl groups is 1. The van der Waals surface area contributed by atoms with Crippen LogP contribution in [-0.4, -0.2) is 22.2 Å². The molecule has 0 bridgehead atoms. The number of furan rings is 1. The van der Waals surface area contributed by atoms with Gasteiger partial charge in [-0.3, -0.25) is 0 Å². The first-order valence-corrected chi connectivity index (χ1v) is 5.34. The molecular formula is C12H16N2O2. The average Bonchev–Trinajstić information content (AvgIpc) is 2.65. The van der Waals surface area contributed by atoms with Crippen molar-refractivity contribution in [1.29, 1.82) is 0 Å². The maximum absolute atomic E-state index is 8.97. The highest BCUT2D eigenvalue weighted by molar-refractivity contribution is 5.88. The topological polar surface area (TPSA) is 58.3 Å². The Balaban J connectivity index is 2.30. The summed E-state index contributed by atoms with van der Waals surface area (Å²) >= 11 is 0. The third-order valence-electron chi connectivity index (χ3n) is 2.57. The number of rotatable bonds is 4. The molecule has 2 N–H and O–H groups in total. The molecule has 0 aliphatic heterocycles. The molecule has 0 atom stereocenters. The molecule has 0 spiro atoms. The fourth-order valence-corrected chi connectivity index (χ4v) is 1.66. The lowest BCUT2D eigenvalue weighted by atomic mass is 10.0. The zero-order chi connectivity index (χ0) is 11.6. The van der Waals surface area contributed by atoms with E-state index in [9.17, 15) is 0 Å². The smallest absolute Gasteiger partial charge is 0.139 e. The van der Waals surface area contributed by atoms with Crippen LogP contribution in [0.1, 0.15) is 20.3 Å². The first-order valence-electron chi connectivity index (χ1n) is 5.34. The monoisotopic (exact) mass is 220 g/mol. The van der Waals surface area contributed by atoms with Gasteiger partial charge in [0.15, 0.2) is 0 Å². The van der Waals surface area contributed by atoms with E-state index in [0.29, 0.717) is 6.42 Å². The summed E-state index contributed by atoms with van der Waals surface area (Å²) in [5.41, 5.74) is 0.630. The lowest BCUT2D eigenvalue weighted by Gasteiger charge is -2.26. The van der Waals surface area contributed by atoms with Crippen LogP contribution in [0.5, 0.6) is 0 Å². The lowest BCUT2D eigenvalue weighted by Crippen LogP contribution is -2.32. The standard InChI is InChI=1S/C12H16N2O2/c1-12(2,5-7-15)14-11-9-4-8-16-10(9)3-6-13-11/h3-4,6,8,15H,5,7H2,1-2H3,(H,13,14). The van der Waals surface area contributed by atoms with Gasteiger partial charge < -0.3 is 14.8 Å². The first kappa shape index (κ1) is 11.0. The second kappa shape index (κ2) is 4.14. The SMILES string of the molecule is CC(C)(CCO)Nc1nccc2occc12. The Kier molecular flexibility index (Phi) is 2.83. The van der Waals surface area contributed by atoms with Crippen LogP contribution in [0.2, 0.25) is 0 Å². The van der Waals surface area contributed by atoms with Crippen molar-refractivity contribution in [3.8, 4) is 0 Å². The van der Waals surface area contributed by atoms with E-state index in [4.69, 9.17) is 9.52 Å². The summed E-state index contributed by atoms with van der Waals surface area (Å²) in [5, 5.41) is 13.3. The maximum Gasteiger partial charge on any atom is 0.139 e. The van der Waals surface area contributed by atoms with E-state index in [0.717, 1.165) is 16.8 Å². The van der Waals surface area contributed by atoms with E-state index < -0.39 is 0 Å². The Bertz CT molecular complexity index is 477. The molecule has 0 aliphatic rings. The van der Waals surface area contributed by atoms with Crippen molar-refractivity contribution in [2.45, 2.75) is 25.8 Å². The van der Waals surface area contributed by atoms with Crippen LogP contribution in [-0.2, 0) is 0 Å². The summed E-state index contributed by atoms with van der Waals surface area (Å²) in [6.45, 7) is 4.22. The van der Waals surface area contributed by atoms with Gasteiger partial charge in [0, 0.05) is 18.3 Å². The zero-order valence-electron chi connectivity index (χ0n) is 9.53. The molecule has 0 saturated heterocycles. The Hall–Kier alpha value is -1.55. The molecule has 2 aromatic rings. The number of aliphatic hydroxyl groups excluding tert-OH is 1. The van der Waals surface area contributed by atoms with Crippen molar-refractivity contribution in [3.63, 3.8) is 0 Å². The number of nitrogens with one attached hydrogen (secondary N) is 1. The van der Waals surface area contributed by atoms with Crippen molar-refractivity contribution >= 4 is 16.8 Å². The molecule has 0 fully saturated rings. The minimum atomic E-state index is -0.187. The quantitative estimate of drug-likeness (QED) is 0.830. The van der Waals surface area contributed by atoms with E-state index in [1.807, 2.05) is 26.0 Å². The van der Waals surface area contributed by atoms with Crippen LogP contribution < -0.4 is 5.32 Å². The highest BCUT2D eigenvalue weighted by atomic mass is 16.3. The van der Waals surface area contributed by atoms with Crippen molar-refractivity contribution < 1.29 is 9.52 Å². The van der Waals surface area contributed by atoms with Gasteiger partial charge in [0.1, 0.15) is 11.4 Å². The third kappa shape index (κ3) is 2.17. The number of fused-ring (bicyclic) bond motifs is 1. The Morgan fingerprint density at radius 3 is 3.00 bits per heavy atom. The van der Waals surface area contributed by atoms with E-state index in [2.05, 4.69) is 10.3 Å². The van der Waals surface area contributed by atoms with E-state index >= 15 is 0 Å². The minimum Gasteiger partial charge on any atom is -0.464 e. The molecular weight excluding hydrogens is 204 g/mol. The Morgan fingerprint density at radius 2 is 2.25 bits per heavy atom. The molecule has 0 saturated carbocycles. The van der Waals surface area contributed by atoms with Crippen molar-refractivity contribution in [1.82, 2.24) is 4.98 Å². The summed E-state index contributed by atoms with van der Waals surface area (Å²) in [7, 11) is 0. The molecule has 0 aromatic carbocycles.